The first-order chi connectivity index (χ1) is 25.1. The molecule has 0 saturated carbocycles. The molecule has 2 saturated heterocycles. The summed E-state index contributed by atoms with van der Waals surface area (Å²) in [5, 5.41) is 9.20. The molecule has 3 aromatic rings. The number of likely N-dealkylation sites (tertiary alicyclic amines) is 1. The van der Waals surface area contributed by atoms with Gasteiger partial charge < -0.3 is 35.2 Å². The van der Waals surface area contributed by atoms with Gasteiger partial charge in [-0.05, 0) is 63.8 Å². The van der Waals surface area contributed by atoms with Crippen molar-refractivity contribution in [1.29, 1.82) is 0 Å². The number of anilines is 6. The summed E-state index contributed by atoms with van der Waals surface area (Å²) in [6.45, 7) is 11.3. The Morgan fingerprint density at radius 3 is 2.36 bits per heavy atom. The van der Waals surface area contributed by atoms with Gasteiger partial charge >= 0.3 is 6.09 Å². The quantitative estimate of drug-likeness (QED) is 0.229. The van der Waals surface area contributed by atoms with Crippen LogP contribution in [0, 0.1) is 5.92 Å². The van der Waals surface area contributed by atoms with Crippen molar-refractivity contribution in [3.8, 4) is 5.75 Å². The van der Waals surface area contributed by atoms with Gasteiger partial charge in [0, 0.05) is 64.6 Å². The SMILES string of the molecule is COc1cc(N2CCN(CC3CCN(C(=O)CNC(=O)OC(C)(C)C)CC3)CC2)ccc1Nc1ncc(Cl)c(Nc2ccccc2N(C)S(C)(=O)=O)n1. The van der Waals surface area contributed by atoms with Crippen molar-refractivity contribution in [1.82, 2.24) is 25.1 Å². The first kappa shape index (κ1) is 39.7. The fraction of sp³-hybridized carbons (Fsp3) is 0.500. The molecule has 0 aliphatic carbocycles. The molecule has 1 aromatic heterocycles. The van der Waals surface area contributed by atoms with Crippen LogP contribution in [0.25, 0.3) is 0 Å². The lowest BCUT2D eigenvalue weighted by atomic mass is 9.96. The maximum Gasteiger partial charge on any atom is 0.408 e. The number of nitrogens with zero attached hydrogens (tertiary/aromatic N) is 6. The Balaban J connectivity index is 1.12. The van der Waals surface area contributed by atoms with E-state index in [2.05, 4.69) is 35.7 Å². The van der Waals surface area contributed by atoms with Crippen LogP contribution in [0.3, 0.4) is 0 Å². The number of sulfonamides is 1. The van der Waals surface area contributed by atoms with E-state index in [0.717, 1.165) is 57.5 Å². The van der Waals surface area contributed by atoms with Gasteiger partial charge in [-0.2, -0.15) is 4.98 Å². The molecule has 2 aliphatic heterocycles. The zero-order chi connectivity index (χ0) is 38.3. The molecular formula is C36H50ClN9O6S. The van der Waals surface area contributed by atoms with Crippen LogP contribution in [0.2, 0.25) is 5.02 Å². The van der Waals surface area contributed by atoms with Crippen molar-refractivity contribution in [2.75, 3.05) is 92.6 Å². The van der Waals surface area contributed by atoms with Crippen LogP contribution in [0.4, 0.5) is 39.3 Å². The van der Waals surface area contributed by atoms with Crippen molar-refractivity contribution >= 4 is 68.1 Å². The lowest BCUT2D eigenvalue weighted by Gasteiger charge is -2.39. The van der Waals surface area contributed by atoms with E-state index in [1.165, 1.54) is 17.5 Å². The minimum absolute atomic E-state index is 0.0548. The number of carbonyl (C=O) groups is 2. The zero-order valence-corrected chi connectivity index (χ0v) is 32.8. The third-order valence-corrected chi connectivity index (χ3v) is 10.6. The molecule has 0 atom stereocenters. The van der Waals surface area contributed by atoms with Gasteiger partial charge in [0.25, 0.3) is 0 Å². The third kappa shape index (κ3) is 11.0. The van der Waals surface area contributed by atoms with E-state index in [1.807, 2.05) is 23.1 Å². The van der Waals surface area contributed by atoms with E-state index in [9.17, 15) is 18.0 Å². The maximum atomic E-state index is 12.6. The van der Waals surface area contributed by atoms with Crippen molar-refractivity contribution in [3.63, 3.8) is 0 Å². The van der Waals surface area contributed by atoms with Crippen LogP contribution in [0.15, 0.2) is 48.7 Å². The van der Waals surface area contributed by atoms with E-state index >= 15 is 0 Å². The Morgan fingerprint density at radius 2 is 1.70 bits per heavy atom. The van der Waals surface area contributed by atoms with Crippen molar-refractivity contribution in [2.24, 2.45) is 5.92 Å². The molecule has 15 nitrogen and oxygen atoms in total. The molecule has 2 amide bonds. The molecule has 53 heavy (non-hydrogen) atoms. The Kier molecular flexibility index (Phi) is 12.8. The molecule has 0 radical (unpaired) electrons. The number of rotatable bonds is 12. The lowest BCUT2D eigenvalue weighted by Crippen LogP contribution is -2.50. The molecule has 17 heteroatoms. The smallest absolute Gasteiger partial charge is 0.408 e. The molecule has 288 valence electrons. The largest absolute Gasteiger partial charge is 0.494 e. The minimum Gasteiger partial charge on any atom is -0.494 e. The van der Waals surface area contributed by atoms with Crippen LogP contribution in [-0.4, -0.2) is 119 Å². The number of methoxy groups -OCH3 is 1. The summed E-state index contributed by atoms with van der Waals surface area (Å²) in [5.41, 5.74) is 2.07. The van der Waals surface area contributed by atoms with Gasteiger partial charge in [-0.25, -0.2) is 18.2 Å². The van der Waals surface area contributed by atoms with Crippen LogP contribution >= 0.6 is 11.6 Å². The van der Waals surface area contributed by atoms with E-state index in [1.54, 1.807) is 52.1 Å². The van der Waals surface area contributed by atoms with E-state index in [0.29, 0.717) is 47.6 Å². The minimum atomic E-state index is -3.50. The molecule has 2 aromatic carbocycles. The summed E-state index contributed by atoms with van der Waals surface area (Å²) >= 11 is 6.44. The molecule has 3 N–H and O–H groups in total. The highest BCUT2D eigenvalue weighted by atomic mass is 35.5. The fourth-order valence-electron chi connectivity index (χ4n) is 6.27. The zero-order valence-electron chi connectivity index (χ0n) is 31.2. The van der Waals surface area contributed by atoms with Crippen molar-refractivity contribution in [3.05, 3.63) is 53.7 Å². The second-order valence-electron chi connectivity index (χ2n) is 14.2. The van der Waals surface area contributed by atoms with Gasteiger partial charge in [-0.15, -0.1) is 0 Å². The molecule has 5 rings (SSSR count). The highest BCUT2D eigenvalue weighted by molar-refractivity contribution is 7.92. The molecule has 2 fully saturated rings. The van der Waals surface area contributed by atoms with Gasteiger partial charge in [-0.1, -0.05) is 23.7 Å². The average molecular weight is 772 g/mol. The van der Waals surface area contributed by atoms with Crippen molar-refractivity contribution in [2.45, 2.75) is 39.2 Å². The van der Waals surface area contributed by atoms with Crippen LogP contribution < -0.4 is 29.9 Å². The Bertz CT molecular complexity index is 1860. The van der Waals surface area contributed by atoms with Crippen LogP contribution in [0.5, 0.6) is 5.75 Å². The fourth-order valence-corrected chi connectivity index (χ4v) is 6.92. The highest BCUT2D eigenvalue weighted by Gasteiger charge is 2.27. The second-order valence-corrected chi connectivity index (χ2v) is 16.7. The number of amides is 2. The van der Waals surface area contributed by atoms with E-state index < -0.39 is 21.7 Å². The Hall–Kier alpha value is -4.54. The molecule has 2 aliphatic rings. The van der Waals surface area contributed by atoms with Gasteiger partial charge in [0.2, 0.25) is 21.9 Å². The van der Waals surface area contributed by atoms with Crippen LogP contribution in [-0.2, 0) is 19.6 Å². The number of piperazine rings is 1. The predicted molar refractivity (Wildman–Crippen MR) is 208 cm³/mol. The number of ether oxygens (including phenoxy) is 2. The molecule has 3 heterocycles. The van der Waals surface area contributed by atoms with Gasteiger partial charge in [0.05, 0.1) is 36.6 Å². The standard InChI is InChI=1S/C36H50ClN9O6S/c1-36(2,3)52-35(48)39-23-32(47)46-15-13-25(14-16-46)24-44-17-19-45(20-18-44)26-11-12-29(31(21-26)51-5)41-34-38-22-27(37)33(42-34)40-28-9-7-8-10-30(28)43(4)53(6,49)50/h7-12,21-22,25H,13-20,23-24H2,1-6H3,(H,39,48)(H2,38,40,41,42). The summed E-state index contributed by atoms with van der Waals surface area (Å²) in [6, 6.07) is 12.9. The summed E-state index contributed by atoms with van der Waals surface area (Å²) < 4.78 is 36.6. The number of carbonyl (C=O) groups excluding carboxylic acids is 2. The van der Waals surface area contributed by atoms with Crippen molar-refractivity contribution < 1.29 is 27.5 Å². The lowest BCUT2D eigenvalue weighted by molar-refractivity contribution is -0.131. The number of aromatic nitrogens is 2. The Morgan fingerprint density at radius 1 is 1.00 bits per heavy atom. The van der Waals surface area contributed by atoms with Crippen LogP contribution in [0.1, 0.15) is 33.6 Å². The molecular weight excluding hydrogens is 722 g/mol. The maximum absolute atomic E-state index is 12.6. The average Bonchev–Trinajstić information content (AvgIpc) is 3.11. The number of hydrogen-bond donors (Lipinski definition) is 3. The number of halogens is 1. The molecule has 0 bridgehead atoms. The number of hydrogen-bond acceptors (Lipinski definition) is 12. The number of nitrogens with one attached hydrogen (secondary N) is 3. The third-order valence-electron chi connectivity index (χ3n) is 9.17. The van der Waals surface area contributed by atoms with E-state index in [4.69, 9.17) is 21.1 Å². The highest BCUT2D eigenvalue weighted by Crippen LogP contribution is 2.35. The summed E-state index contributed by atoms with van der Waals surface area (Å²) in [6.07, 6.45) is 3.90. The van der Waals surface area contributed by atoms with Gasteiger partial charge in [0.1, 0.15) is 22.9 Å². The second kappa shape index (κ2) is 17.1. The normalized spacial score (nSPS) is 15.8. The summed E-state index contributed by atoms with van der Waals surface area (Å²) in [7, 11) is -0.401. The Labute approximate surface area is 317 Å². The van der Waals surface area contributed by atoms with E-state index in [-0.39, 0.29) is 23.4 Å². The predicted octanol–water partition coefficient (Wildman–Crippen LogP) is 4.91. The van der Waals surface area contributed by atoms with Gasteiger partial charge in [0.15, 0.2) is 5.82 Å². The number of benzene rings is 2. The molecule has 0 spiro atoms. The first-order valence-electron chi connectivity index (χ1n) is 17.6. The summed E-state index contributed by atoms with van der Waals surface area (Å²) in [4.78, 5) is 40.1. The topological polar surface area (TPSA) is 162 Å². The number of alkyl carbamates (subject to hydrolysis) is 1. The number of piperidine rings is 1. The number of para-hydroxylation sites is 2. The summed E-state index contributed by atoms with van der Waals surface area (Å²) in [5.74, 6) is 1.64. The first-order valence-corrected chi connectivity index (χ1v) is 19.8. The monoisotopic (exact) mass is 771 g/mol. The van der Waals surface area contributed by atoms with Gasteiger partial charge in [-0.3, -0.25) is 14.0 Å². The molecule has 0 unspecified atom stereocenters.